The van der Waals surface area contributed by atoms with Crippen molar-refractivity contribution in [3.05, 3.63) is 76.0 Å². The van der Waals surface area contributed by atoms with Gasteiger partial charge in [-0.25, -0.2) is 10.1 Å². The van der Waals surface area contributed by atoms with Crippen LogP contribution in [-0.4, -0.2) is 42.4 Å². The number of carbonyl (C=O) groups excluding carboxylic acids is 1. The number of nitro groups is 1. The number of anilines is 1. The van der Waals surface area contributed by atoms with E-state index in [0.29, 0.717) is 12.0 Å². The number of amides is 1. The van der Waals surface area contributed by atoms with Crippen molar-refractivity contribution in [2.75, 3.05) is 5.73 Å². The molecule has 2 aromatic carbocycles. The molecule has 166 valence electrons. The van der Waals surface area contributed by atoms with Gasteiger partial charge in [-0.15, -0.1) is 5.10 Å². The minimum absolute atomic E-state index is 0.0151. The van der Waals surface area contributed by atoms with Crippen molar-refractivity contribution in [3.63, 3.8) is 0 Å². The molecule has 0 radical (unpaired) electrons. The zero-order chi connectivity index (χ0) is 23.2. The largest absolute Gasteiger partial charge is 0.378 e. The molecule has 0 bridgehead atoms. The Morgan fingerprint density at radius 3 is 2.61 bits per heavy atom. The first kappa shape index (κ1) is 21.3. The van der Waals surface area contributed by atoms with Crippen molar-refractivity contribution in [2.45, 2.75) is 12.8 Å². The molecular formula is C20H17N9O4. The van der Waals surface area contributed by atoms with Crippen LogP contribution in [0.25, 0.3) is 17.1 Å². The van der Waals surface area contributed by atoms with Crippen LogP contribution in [0.1, 0.15) is 22.5 Å². The fraction of sp³-hybridized carbons (Fsp3) is 0.100. The van der Waals surface area contributed by atoms with Gasteiger partial charge in [0.05, 0.1) is 4.92 Å². The Kier molecular flexibility index (Phi) is 6.11. The molecule has 4 aromatic rings. The molecule has 2 heterocycles. The lowest BCUT2D eigenvalue weighted by molar-refractivity contribution is -0.384. The molecule has 13 heteroatoms. The average molecular weight is 447 g/mol. The van der Waals surface area contributed by atoms with Gasteiger partial charge in [0.2, 0.25) is 11.6 Å². The zero-order valence-corrected chi connectivity index (χ0v) is 17.0. The summed E-state index contributed by atoms with van der Waals surface area (Å²) in [5.74, 6) is -0.698. The number of hydrogen-bond acceptors (Lipinski definition) is 10. The van der Waals surface area contributed by atoms with Gasteiger partial charge in [-0.3, -0.25) is 14.9 Å². The lowest BCUT2D eigenvalue weighted by Crippen LogP contribution is -2.19. The third-order valence-corrected chi connectivity index (χ3v) is 4.60. The standard InChI is InChI=1S/C20H17N9O4/c21-18-19(26-33-25-18)28-17(14-8-10-15(11-9-14)29(31)32)16(23-27-28)20(30)24-22-12-4-7-13-5-2-1-3-6-13/h1-3,5-6,8-12H,4,7H2,(H2,21,25)(H,24,30)/b22-12-. The normalized spacial score (nSPS) is 11.0. The number of nitrogens with one attached hydrogen (secondary N) is 1. The summed E-state index contributed by atoms with van der Waals surface area (Å²) >= 11 is 0. The number of nitro benzene ring substituents is 1. The molecule has 0 spiro atoms. The molecule has 0 aliphatic carbocycles. The highest BCUT2D eigenvalue weighted by atomic mass is 16.6. The molecule has 0 fully saturated rings. The number of hydrogen-bond donors (Lipinski definition) is 2. The van der Waals surface area contributed by atoms with Gasteiger partial charge in [-0.1, -0.05) is 35.5 Å². The molecule has 0 saturated carbocycles. The van der Waals surface area contributed by atoms with Gasteiger partial charge in [-0.05, 0) is 40.9 Å². The van der Waals surface area contributed by atoms with Crippen LogP contribution in [0.3, 0.4) is 0 Å². The van der Waals surface area contributed by atoms with Gasteiger partial charge in [0.15, 0.2) is 5.69 Å². The fourth-order valence-corrected chi connectivity index (χ4v) is 3.02. The van der Waals surface area contributed by atoms with Crippen molar-refractivity contribution in [1.29, 1.82) is 0 Å². The Balaban J connectivity index is 1.57. The van der Waals surface area contributed by atoms with Crippen LogP contribution in [-0.2, 0) is 6.42 Å². The summed E-state index contributed by atoms with van der Waals surface area (Å²) in [7, 11) is 0. The van der Waals surface area contributed by atoms with Crippen LogP contribution in [0.2, 0.25) is 0 Å². The number of aryl methyl sites for hydroxylation is 1. The molecule has 2 aromatic heterocycles. The van der Waals surface area contributed by atoms with Gasteiger partial charge in [-0.2, -0.15) is 9.78 Å². The van der Waals surface area contributed by atoms with Gasteiger partial charge in [0, 0.05) is 23.9 Å². The Hall–Kier alpha value is -4.94. The molecule has 1 amide bonds. The number of carbonyl (C=O) groups is 1. The van der Waals surface area contributed by atoms with Gasteiger partial charge in [0.1, 0.15) is 5.69 Å². The summed E-state index contributed by atoms with van der Waals surface area (Å²) in [5, 5.41) is 30.0. The predicted molar refractivity (Wildman–Crippen MR) is 116 cm³/mol. The number of benzene rings is 2. The number of hydrazone groups is 1. The fourth-order valence-electron chi connectivity index (χ4n) is 3.02. The maximum absolute atomic E-state index is 12.8. The molecule has 0 atom stereocenters. The van der Waals surface area contributed by atoms with Gasteiger partial charge < -0.3 is 5.73 Å². The topological polar surface area (TPSA) is 180 Å². The Bertz CT molecular complexity index is 1300. The summed E-state index contributed by atoms with van der Waals surface area (Å²) in [5.41, 5.74) is 9.71. The number of non-ortho nitro benzene ring substituents is 1. The van der Waals surface area contributed by atoms with Crippen LogP contribution in [0.5, 0.6) is 0 Å². The number of nitrogens with zero attached hydrogens (tertiary/aromatic N) is 7. The molecule has 13 nitrogen and oxygen atoms in total. The summed E-state index contributed by atoms with van der Waals surface area (Å²) in [6, 6.07) is 15.4. The maximum atomic E-state index is 12.8. The number of nitrogen functional groups attached to an aromatic ring is 1. The van der Waals surface area contributed by atoms with Crippen molar-refractivity contribution in [1.82, 2.24) is 30.7 Å². The second kappa shape index (κ2) is 9.47. The van der Waals surface area contributed by atoms with Crippen LogP contribution in [0.4, 0.5) is 11.5 Å². The number of nitrogens with two attached hydrogens (primary N) is 1. The van der Waals surface area contributed by atoms with Gasteiger partial charge >= 0.3 is 0 Å². The molecule has 0 unspecified atom stereocenters. The first-order valence-corrected chi connectivity index (χ1v) is 9.69. The molecular weight excluding hydrogens is 430 g/mol. The Labute approximate surface area is 186 Å². The van der Waals surface area contributed by atoms with Crippen LogP contribution >= 0.6 is 0 Å². The second-order valence-corrected chi connectivity index (χ2v) is 6.75. The van der Waals surface area contributed by atoms with Crippen molar-refractivity contribution in [3.8, 4) is 17.1 Å². The molecule has 0 aliphatic heterocycles. The third kappa shape index (κ3) is 4.71. The minimum atomic E-state index is -0.638. The lowest BCUT2D eigenvalue weighted by Gasteiger charge is -2.05. The van der Waals surface area contributed by atoms with E-state index in [-0.39, 0.29) is 28.7 Å². The van der Waals surface area contributed by atoms with Crippen molar-refractivity contribution < 1.29 is 14.3 Å². The second-order valence-electron chi connectivity index (χ2n) is 6.75. The average Bonchev–Trinajstić information content (AvgIpc) is 3.45. The van der Waals surface area contributed by atoms with E-state index in [0.717, 1.165) is 12.0 Å². The number of aromatic nitrogens is 5. The highest BCUT2D eigenvalue weighted by molar-refractivity contribution is 5.98. The van der Waals surface area contributed by atoms with Crippen molar-refractivity contribution >= 4 is 23.6 Å². The van der Waals surface area contributed by atoms with Crippen LogP contribution < -0.4 is 11.2 Å². The summed E-state index contributed by atoms with van der Waals surface area (Å²) < 4.78 is 5.78. The molecule has 0 aliphatic rings. The Morgan fingerprint density at radius 2 is 1.94 bits per heavy atom. The first-order valence-electron chi connectivity index (χ1n) is 9.69. The van der Waals surface area contributed by atoms with E-state index in [1.807, 2.05) is 30.3 Å². The molecule has 33 heavy (non-hydrogen) atoms. The van der Waals surface area contributed by atoms with E-state index in [2.05, 4.69) is 35.8 Å². The highest BCUT2D eigenvalue weighted by Crippen LogP contribution is 2.28. The van der Waals surface area contributed by atoms with E-state index >= 15 is 0 Å². The number of rotatable bonds is 8. The van der Waals surface area contributed by atoms with E-state index in [1.54, 1.807) is 6.21 Å². The predicted octanol–water partition coefficient (Wildman–Crippen LogP) is 2.16. The SMILES string of the molecule is Nc1nonc1-n1nnc(C(=O)N/N=C\CCc2ccccc2)c1-c1ccc([N+](=O)[O-])cc1. The van der Waals surface area contributed by atoms with E-state index in [1.165, 1.54) is 28.9 Å². The summed E-state index contributed by atoms with van der Waals surface area (Å²) in [6.07, 6.45) is 2.97. The highest BCUT2D eigenvalue weighted by Gasteiger charge is 2.25. The molecule has 4 rings (SSSR count). The van der Waals surface area contributed by atoms with Crippen molar-refractivity contribution in [2.24, 2.45) is 5.10 Å². The monoisotopic (exact) mass is 447 g/mol. The summed E-state index contributed by atoms with van der Waals surface area (Å²) in [6.45, 7) is 0. The van der Waals surface area contributed by atoms with Crippen LogP contribution in [0.15, 0.2) is 64.3 Å². The van der Waals surface area contributed by atoms with Crippen LogP contribution in [0, 0.1) is 10.1 Å². The van der Waals surface area contributed by atoms with Gasteiger partial charge in [0.25, 0.3) is 11.6 Å². The maximum Gasteiger partial charge on any atom is 0.294 e. The van der Waals surface area contributed by atoms with E-state index < -0.39 is 10.8 Å². The Morgan fingerprint density at radius 1 is 1.18 bits per heavy atom. The van der Waals surface area contributed by atoms with E-state index in [9.17, 15) is 14.9 Å². The minimum Gasteiger partial charge on any atom is -0.378 e. The lowest BCUT2D eigenvalue weighted by atomic mass is 10.1. The quantitative estimate of drug-likeness (QED) is 0.232. The molecule has 0 saturated heterocycles. The third-order valence-electron chi connectivity index (χ3n) is 4.60. The molecule has 3 N–H and O–H groups in total. The van der Waals surface area contributed by atoms with E-state index in [4.69, 9.17) is 5.73 Å². The smallest absolute Gasteiger partial charge is 0.294 e. The summed E-state index contributed by atoms with van der Waals surface area (Å²) in [4.78, 5) is 23.2. The first-order chi connectivity index (χ1) is 16.0. The zero-order valence-electron chi connectivity index (χ0n) is 17.0.